The van der Waals surface area contributed by atoms with Gasteiger partial charge in [0.1, 0.15) is 42.8 Å². The van der Waals surface area contributed by atoms with Crippen molar-refractivity contribution in [3.05, 3.63) is 68.9 Å². The Morgan fingerprint density at radius 2 is 2.04 bits per heavy atom. The third-order valence-electron chi connectivity index (χ3n) is 8.56. The lowest BCUT2D eigenvalue weighted by Crippen LogP contribution is -2.71. The number of likely N-dealkylation sites (tertiary alicyclic amines) is 1. The smallest absolute Gasteiger partial charge is 0.307 e. The third kappa shape index (κ3) is 5.83. The molecule has 3 aliphatic rings. The molecular weight excluding hydrogens is 677 g/mol. The largest absolute Gasteiger partial charge is 0.543 e. The summed E-state index contributed by atoms with van der Waals surface area (Å²) < 4.78 is 5.92. The van der Waals surface area contributed by atoms with Gasteiger partial charge in [0.05, 0.1) is 30.5 Å². The Kier molecular flexibility index (Phi) is 8.69. The molecule has 0 radical (unpaired) electrons. The number of thiophene rings is 1. The lowest BCUT2D eigenvalue weighted by molar-refractivity contribution is -0.661. The van der Waals surface area contributed by atoms with Crippen LogP contribution >= 0.6 is 34.4 Å². The molecule has 0 saturated carbocycles. The van der Waals surface area contributed by atoms with Crippen LogP contribution in [0.3, 0.4) is 0 Å². The Bertz CT molecular complexity index is 1980. The maximum absolute atomic E-state index is 13.3. The summed E-state index contributed by atoms with van der Waals surface area (Å²) in [6.07, 6.45) is 9.22. The number of amidine groups is 1. The van der Waals surface area contributed by atoms with E-state index in [1.165, 1.54) is 30.2 Å². The van der Waals surface area contributed by atoms with Gasteiger partial charge in [-0.1, -0.05) is 5.16 Å². The topological polar surface area (TPSA) is 190 Å². The number of carboxylic acids is 1. The van der Waals surface area contributed by atoms with Crippen LogP contribution in [0, 0.1) is 5.41 Å². The zero-order chi connectivity index (χ0) is 33.5. The summed E-state index contributed by atoms with van der Waals surface area (Å²) in [6, 6.07) is 3.07. The number of anilines is 1. The highest BCUT2D eigenvalue weighted by molar-refractivity contribution is 8.00. The predicted molar refractivity (Wildman–Crippen MR) is 178 cm³/mol. The van der Waals surface area contributed by atoms with E-state index in [-0.39, 0.29) is 28.8 Å². The Morgan fingerprint density at radius 3 is 2.77 bits per heavy atom. The molecule has 4 aromatic heterocycles. The van der Waals surface area contributed by atoms with E-state index >= 15 is 0 Å². The molecule has 0 unspecified atom stereocenters. The van der Waals surface area contributed by atoms with Gasteiger partial charge in [-0.05, 0) is 30.9 Å². The van der Waals surface area contributed by atoms with Crippen molar-refractivity contribution < 1.29 is 28.9 Å². The number of rotatable bonds is 10. The normalized spacial score (nSPS) is 19.8. The highest BCUT2D eigenvalue weighted by atomic mass is 32.2. The molecule has 0 spiro atoms. The van der Waals surface area contributed by atoms with Crippen molar-refractivity contribution in [2.45, 2.75) is 43.8 Å². The van der Waals surface area contributed by atoms with Gasteiger partial charge in [-0.25, -0.2) is 14.2 Å². The summed E-state index contributed by atoms with van der Waals surface area (Å²) in [4.78, 5) is 52.1. The number of piperidine rings is 1. The highest BCUT2D eigenvalue weighted by Gasteiger charge is 2.53. The van der Waals surface area contributed by atoms with Crippen LogP contribution < -0.4 is 20.7 Å². The number of carboxylic acid groups (broad SMARTS) is 1. The van der Waals surface area contributed by atoms with Gasteiger partial charge in [-0.2, -0.15) is 0 Å². The van der Waals surface area contributed by atoms with Crippen LogP contribution in [0.4, 0.5) is 5.13 Å². The van der Waals surface area contributed by atoms with E-state index in [2.05, 4.69) is 31.0 Å². The molecular formula is C30H32N10O5S3. The minimum Gasteiger partial charge on any atom is -0.543 e. The molecule has 7 heterocycles. The minimum absolute atomic E-state index is 0.147. The van der Waals surface area contributed by atoms with Crippen LogP contribution in [-0.4, -0.2) is 90.7 Å². The SMILES string of the molecule is CO/N=C(\C(=O)N[C@@H]1C(=O)N2C(C(=O)[O-])=C(Cn3ccc4n3cc[n+]4Cc3cc(C(=N)N4CCCCC4)cs3)CS[C@H]12)c1csc(N)n1. The van der Waals surface area contributed by atoms with Crippen molar-refractivity contribution in [1.29, 1.82) is 5.41 Å². The number of nitrogens with two attached hydrogens (primary N) is 1. The first-order valence-electron chi connectivity index (χ1n) is 15.2. The molecule has 15 nitrogen and oxygen atoms in total. The Morgan fingerprint density at radius 1 is 1.23 bits per heavy atom. The summed E-state index contributed by atoms with van der Waals surface area (Å²) >= 11 is 4.12. The van der Waals surface area contributed by atoms with E-state index < -0.39 is 29.2 Å². The monoisotopic (exact) mass is 708 g/mol. The van der Waals surface area contributed by atoms with Crippen LogP contribution in [0.2, 0.25) is 0 Å². The number of thiazole rings is 1. The number of oxime groups is 1. The minimum atomic E-state index is -1.46. The molecule has 4 aromatic rings. The average molecular weight is 709 g/mol. The molecule has 0 aromatic carbocycles. The summed E-state index contributed by atoms with van der Waals surface area (Å²) in [6.45, 7) is 2.71. The van der Waals surface area contributed by atoms with Crippen LogP contribution in [0.5, 0.6) is 0 Å². The second-order valence-electron chi connectivity index (χ2n) is 11.5. The van der Waals surface area contributed by atoms with Gasteiger partial charge in [0, 0.05) is 40.0 Å². The molecule has 2 atom stereocenters. The second kappa shape index (κ2) is 13.1. The van der Waals surface area contributed by atoms with Gasteiger partial charge in [-0.15, -0.1) is 39.0 Å². The number of hydrogen-bond donors (Lipinski definition) is 3. The molecule has 2 saturated heterocycles. The van der Waals surface area contributed by atoms with Crippen molar-refractivity contribution >= 4 is 74.5 Å². The van der Waals surface area contributed by atoms with Crippen molar-refractivity contribution in [1.82, 2.24) is 29.3 Å². The lowest BCUT2D eigenvalue weighted by Gasteiger charge is -2.50. The summed E-state index contributed by atoms with van der Waals surface area (Å²) in [5, 5.41) is 30.7. The Labute approximate surface area is 286 Å². The second-order valence-corrected chi connectivity index (χ2v) is 14.5. The van der Waals surface area contributed by atoms with E-state index in [9.17, 15) is 19.5 Å². The van der Waals surface area contributed by atoms with Gasteiger partial charge in [0.15, 0.2) is 17.0 Å². The number of carbonyl (C=O) groups is 3. The van der Waals surface area contributed by atoms with Crippen LogP contribution in [0.1, 0.15) is 35.4 Å². The fourth-order valence-corrected chi connectivity index (χ4v) is 9.00. The number of carbonyl (C=O) groups excluding carboxylic acids is 3. The maximum Gasteiger partial charge on any atom is 0.307 e. The van der Waals surface area contributed by atoms with Gasteiger partial charge in [0.2, 0.25) is 0 Å². The number of hydrogen-bond acceptors (Lipinski definition) is 12. The molecule has 48 heavy (non-hydrogen) atoms. The van der Waals surface area contributed by atoms with E-state index in [0.717, 1.165) is 53.4 Å². The molecule has 18 heteroatoms. The fraction of sp³-hybridized carbons (Fsp3) is 0.367. The van der Waals surface area contributed by atoms with Gasteiger partial charge in [0.25, 0.3) is 11.8 Å². The molecule has 2 amide bonds. The molecule has 7 rings (SSSR count). The first-order chi connectivity index (χ1) is 23.2. The lowest BCUT2D eigenvalue weighted by atomic mass is 10.0. The number of aromatic nitrogens is 4. The van der Waals surface area contributed by atoms with Crippen molar-refractivity contribution in [2.24, 2.45) is 5.16 Å². The summed E-state index contributed by atoms with van der Waals surface area (Å²) in [5.41, 5.74) is 7.94. The first-order valence-corrected chi connectivity index (χ1v) is 18.0. The zero-order valence-corrected chi connectivity index (χ0v) is 28.3. The number of thioether (sulfide) groups is 1. The number of amides is 2. The molecule has 0 aliphatic carbocycles. The number of nitrogens with one attached hydrogen (secondary N) is 2. The Hall–Kier alpha value is -4.68. The van der Waals surface area contributed by atoms with Crippen molar-refractivity contribution in [3.63, 3.8) is 0 Å². The quantitative estimate of drug-likeness (QED) is 0.0690. The Balaban J connectivity index is 1.05. The van der Waals surface area contributed by atoms with E-state index in [4.69, 9.17) is 16.0 Å². The van der Waals surface area contributed by atoms with E-state index in [1.807, 2.05) is 39.2 Å². The number of nitrogens with zero attached hydrogens (tertiary/aromatic N) is 7. The van der Waals surface area contributed by atoms with Crippen molar-refractivity contribution in [3.8, 4) is 0 Å². The van der Waals surface area contributed by atoms with Crippen LogP contribution in [-0.2, 0) is 32.3 Å². The molecule has 250 valence electrons. The third-order valence-corrected chi connectivity index (χ3v) is 11.5. The van der Waals surface area contributed by atoms with E-state index in [0.29, 0.717) is 23.7 Å². The molecule has 4 N–H and O–H groups in total. The predicted octanol–water partition coefficient (Wildman–Crippen LogP) is 0.443. The molecule has 3 aliphatic heterocycles. The first kappa shape index (κ1) is 31.9. The summed E-state index contributed by atoms with van der Waals surface area (Å²) in [7, 11) is 1.28. The molecule has 2 fully saturated rings. The summed E-state index contributed by atoms with van der Waals surface area (Å²) in [5.74, 6) is -1.82. The standard InChI is InChI=1S/C30H32N10O5S3/c1-45-35-22(20-16-48-30(32)33-20)26(41)34-23-27(42)40-24(29(43)44)18(15-47-28(23)40)12-38-8-5-21-37(9-10-39(21)38)13-19-11-17(14-46-19)25(31)36-6-3-2-4-7-36/h5,8-11,14,16,23,28,31H,2-4,6-7,12-13,15H2,1H3,(H3-,32,33,34,41,43,44)/b31-25?,35-22-/t23-,28-/m1/s1. The van der Waals surface area contributed by atoms with Gasteiger partial charge < -0.3 is 30.7 Å². The molecule has 0 bridgehead atoms. The van der Waals surface area contributed by atoms with Gasteiger partial charge >= 0.3 is 5.65 Å². The maximum atomic E-state index is 13.3. The van der Waals surface area contributed by atoms with Crippen molar-refractivity contribution in [2.75, 3.05) is 31.7 Å². The highest BCUT2D eigenvalue weighted by Crippen LogP contribution is 2.40. The zero-order valence-electron chi connectivity index (χ0n) is 25.8. The van der Waals surface area contributed by atoms with E-state index in [1.54, 1.807) is 16.7 Å². The van der Waals surface area contributed by atoms with Crippen LogP contribution in [0.25, 0.3) is 5.65 Å². The average Bonchev–Trinajstić information content (AvgIpc) is 3.90. The van der Waals surface area contributed by atoms with Gasteiger partial charge in [-0.3, -0.25) is 19.9 Å². The number of nitrogen functional groups attached to an aromatic ring is 1. The number of β-lactam (4-membered cyclic amide) rings is 1. The number of fused-ring (bicyclic) bond motifs is 2. The fourth-order valence-electron chi connectivity index (χ4n) is 6.25. The van der Waals surface area contributed by atoms with Crippen LogP contribution in [0.15, 0.2) is 57.9 Å². The number of imidazole rings is 1. The number of aliphatic carboxylic acids is 1.